The molecule has 0 spiro atoms. The van der Waals surface area contributed by atoms with Gasteiger partial charge in [-0.2, -0.15) is 25.3 Å². The Labute approximate surface area is 176 Å². The number of nitrogens with two attached hydrogens (primary N) is 3. The second-order valence-corrected chi connectivity index (χ2v) is 6.56. The van der Waals surface area contributed by atoms with Gasteiger partial charge in [0.1, 0.15) is 18.1 Å². The van der Waals surface area contributed by atoms with E-state index in [2.05, 4.69) is 41.2 Å². The van der Waals surface area contributed by atoms with E-state index in [1.807, 2.05) is 0 Å². The van der Waals surface area contributed by atoms with Crippen LogP contribution in [0.5, 0.6) is 0 Å². The molecule has 29 heavy (non-hydrogen) atoms. The maximum Gasteiger partial charge on any atom is 0.327 e. The van der Waals surface area contributed by atoms with Crippen LogP contribution in [0.4, 0.5) is 0 Å². The Balaban J connectivity index is 5.19. The van der Waals surface area contributed by atoms with Gasteiger partial charge in [-0.15, -0.1) is 0 Å². The highest BCUT2D eigenvalue weighted by atomic mass is 32.1. The number of aliphatic carboxylic acids is 1. The normalized spacial score (nSPS) is 14.6. The molecular formula is C14H24N6O7S2. The molecule has 0 aromatic carbocycles. The van der Waals surface area contributed by atoms with Crippen LogP contribution in [0, 0.1) is 0 Å². The van der Waals surface area contributed by atoms with Crippen LogP contribution < -0.4 is 33.2 Å². The van der Waals surface area contributed by atoms with Gasteiger partial charge in [-0.1, -0.05) is 0 Å². The number of primary amides is 2. The molecule has 4 unspecified atom stereocenters. The van der Waals surface area contributed by atoms with Gasteiger partial charge in [0.2, 0.25) is 29.5 Å². The lowest BCUT2D eigenvalue weighted by Crippen LogP contribution is -2.58. The van der Waals surface area contributed by atoms with E-state index in [-0.39, 0.29) is 11.5 Å². The standard InChI is InChI=1S/C14H24N6O7S2/c15-5(1-9(16)21)11(23)19-7(3-28)13(25)18-6(2-10(17)22)12(24)20-8(4-29)14(26)27/h5-8,28-29H,1-4,15H2,(H2,16,21)(H2,17,22)(H,18,25)(H,19,23)(H,20,24)(H,26,27). The number of hydrogen-bond acceptors (Lipinski definition) is 9. The zero-order chi connectivity index (χ0) is 22.7. The molecule has 0 aliphatic rings. The first-order valence-corrected chi connectivity index (χ1v) is 9.37. The fraction of sp³-hybridized carbons (Fsp3) is 0.571. The molecule has 4 atom stereocenters. The lowest BCUT2D eigenvalue weighted by atomic mass is 10.1. The summed E-state index contributed by atoms with van der Waals surface area (Å²) in [6.07, 6.45) is -1.09. The van der Waals surface area contributed by atoms with Crippen LogP contribution in [0.15, 0.2) is 0 Å². The molecule has 0 fully saturated rings. The molecule has 10 N–H and O–H groups in total. The summed E-state index contributed by atoms with van der Waals surface area (Å²) >= 11 is 7.71. The van der Waals surface area contributed by atoms with E-state index in [4.69, 9.17) is 22.3 Å². The van der Waals surface area contributed by atoms with Gasteiger partial charge in [0.15, 0.2) is 0 Å². The smallest absolute Gasteiger partial charge is 0.327 e. The van der Waals surface area contributed by atoms with Crippen LogP contribution in [0.3, 0.4) is 0 Å². The number of carbonyl (C=O) groups excluding carboxylic acids is 5. The molecule has 0 saturated heterocycles. The predicted molar refractivity (Wildman–Crippen MR) is 107 cm³/mol. The number of thiol groups is 2. The summed E-state index contributed by atoms with van der Waals surface area (Å²) in [6, 6.07) is -5.47. The van der Waals surface area contributed by atoms with Gasteiger partial charge < -0.3 is 38.3 Å². The van der Waals surface area contributed by atoms with E-state index in [1.165, 1.54) is 0 Å². The number of amides is 5. The third-order valence-corrected chi connectivity index (χ3v) is 4.14. The molecule has 5 amide bonds. The zero-order valence-electron chi connectivity index (χ0n) is 15.2. The molecule has 0 saturated carbocycles. The van der Waals surface area contributed by atoms with Crippen molar-refractivity contribution < 1.29 is 33.9 Å². The Morgan fingerprint density at radius 3 is 1.55 bits per heavy atom. The minimum absolute atomic E-state index is 0.222. The van der Waals surface area contributed by atoms with E-state index in [9.17, 15) is 28.8 Å². The van der Waals surface area contributed by atoms with E-state index in [0.29, 0.717) is 0 Å². The van der Waals surface area contributed by atoms with E-state index >= 15 is 0 Å². The number of carboxylic acid groups (broad SMARTS) is 1. The van der Waals surface area contributed by atoms with Crippen molar-refractivity contribution in [1.29, 1.82) is 0 Å². The Morgan fingerprint density at radius 2 is 1.14 bits per heavy atom. The first kappa shape index (κ1) is 26.5. The molecule has 164 valence electrons. The molecule has 0 rings (SSSR count). The van der Waals surface area contributed by atoms with E-state index in [1.54, 1.807) is 0 Å². The quantitative estimate of drug-likeness (QED) is 0.123. The van der Waals surface area contributed by atoms with Crippen molar-refractivity contribution in [3.63, 3.8) is 0 Å². The van der Waals surface area contributed by atoms with Gasteiger partial charge in [0.05, 0.1) is 18.9 Å². The third kappa shape index (κ3) is 10.00. The molecule has 0 aromatic heterocycles. The van der Waals surface area contributed by atoms with Gasteiger partial charge in [-0.25, -0.2) is 4.79 Å². The Kier molecular flexibility index (Phi) is 11.7. The van der Waals surface area contributed by atoms with Crippen LogP contribution >= 0.6 is 25.3 Å². The summed E-state index contributed by atoms with van der Waals surface area (Å²) in [5.74, 6) is -6.39. The maximum absolute atomic E-state index is 12.4. The molecule has 13 nitrogen and oxygen atoms in total. The van der Waals surface area contributed by atoms with E-state index < -0.39 is 72.5 Å². The molecule has 0 aliphatic carbocycles. The number of carboxylic acids is 1. The van der Waals surface area contributed by atoms with Crippen LogP contribution in [0.25, 0.3) is 0 Å². The molecule has 0 bridgehead atoms. The van der Waals surface area contributed by atoms with Gasteiger partial charge in [-0.3, -0.25) is 24.0 Å². The van der Waals surface area contributed by atoms with Gasteiger partial charge in [0, 0.05) is 11.5 Å². The van der Waals surface area contributed by atoms with Crippen LogP contribution in [0.2, 0.25) is 0 Å². The molecular weight excluding hydrogens is 428 g/mol. The van der Waals surface area contributed by atoms with Crippen molar-refractivity contribution in [2.75, 3.05) is 11.5 Å². The largest absolute Gasteiger partial charge is 0.480 e. The fourth-order valence-electron chi connectivity index (χ4n) is 1.92. The molecule has 0 heterocycles. The molecule has 15 heteroatoms. The zero-order valence-corrected chi connectivity index (χ0v) is 16.9. The Bertz CT molecular complexity index is 662. The monoisotopic (exact) mass is 452 g/mol. The Hall–Kier alpha value is -2.52. The minimum atomic E-state index is -1.51. The summed E-state index contributed by atoms with van der Waals surface area (Å²) in [5.41, 5.74) is 15.5. The first-order chi connectivity index (χ1) is 13.4. The van der Waals surface area contributed by atoms with Gasteiger partial charge >= 0.3 is 5.97 Å². The van der Waals surface area contributed by atoms with E-state index in [0.717, 1.165) is 0 Å². The fourth-order valence-corrected chi connectivity index (χ4v) is 2.43. The Morgan fingerprint density at radius 1 is 0.724 bits per heavy atom. The predicted octanol–water partition coefficient (Wildman–Crippen LogP) is -4.54. The number of hydrogen-bond donors (Lipinski definition) is 9. The lowest BCUT2D eigenvalue weighted by molar-refractivity contribution is -0.141. The molecule has 0 aromatic rings. The lowest BCUT2D eigenvalue weighted by Gasteiger charge is -2.23. The van der Waals surface area contributed by atoms with Gasteiger partial charge in [0.25, 0.3) is 0 Å². The van der Waals surface area contributed by atoms with Crippen molar-refractivity contribution in [2.24, 2.45) is 17.2 Å². The average molecular weight is 453 g/mol. The van der Waals surface area contributed by atoms with Crippen molar-refractivity contribution in [1.82, 2.24) is 16.0 Å². The summed E-state index contributed by atoms with van der Waals surface area (Å²) < 4.78 is 0. The van der Waals surface area contributed by atoms with Crippen molar-refractivity contribution in [3.8, 4) is 0 Å². The maximum atomic E-state index is 12.4. The summed E-state index contributed by atoms with van der Waals surface area (Å²) in [5, 5.41) is 15.5. The van der Waals surface area contributed by atoms with Crippen molar-refractivity contribution in [2.45, 2.75) is 37.0 Å². The van der Waals surface area contributed by atoms with Crippen LogP contribution in [-0.2, 0) is 28.8 Å². The van der Waals surface area contributed by atoms with Crippen LogP contribution in [0.1, 0.15) is 12.8 Å². The van der Waals surface area contributed by atoms with Crippen molar-refractivity contribution >= 4 is 60.8 Å². The highest BCUT2D eigenvalue weighted by Gasteiger charge is 2.30. The summed E-state index contributed by atoms with van der Waals surface area (Å²) in [6.45, 7) is 0. The number of carbonyl (C=O) groups is 6. The summed E-state index contributed by atoms with van der Waals surface area (Å²) in [7, 11) is 0. The highest BCUT2D eigenvalue weighted by Crippen LogP contribution is 1.99. The van der Waals surface area contributed by atoms with Crippen molar-refractivity contribution in [3.05, 3.63) is 0 Å². The SMILES string of the molecule is NC(=O)CC(N)C(=O)NC(CS)C(=O)NC(CC(N)=O)C(=O)NC(CS)C(=O)O. The topological polar surface area (TPSA) is 237 Å². The van der Waals surface area contributed by atoms with Gasteiger partial charge in [-0.05, 0) is 0 Å². The molecule has 0 radical (unpaired) electrons. The third-order valence-electron chi connectivity index (χ3n) is 3.41. The highest BCUT2D eigenvalue weighted by molar-refractivity contribution is 7.80. The second kappa shape index (κ2) is 12.8. The second-order valence-electron chi connectivity index (χ2n) is 5.83. The number of rotatable bonds is 13. The summed E-state index contributed by atoms with van der Waals surface area (Å²) in [4.78, 5) is 69.6. The minimum Gasteiger partial charge on any atom is -0.480 e. The van der Waals surface area contributed by atoms with Crippen LogP contribution in [-0.4, -0.2) is 76.3 Å². The molecule has 0 aliphatic heterocycles. The number of nitrogens with one attached hydrogen (secondary N) is 3. The first-order valence-electron chi connectivity index (χ1n) is 8.10. The average Bonchev–Trinajstić information content (AvgIpc) is 2.61.